The summed E-state index contributed by atoms with van der Waals surface area (Å²) in [6.07, 6.45) is -0.636. The molecule has 0 aliphatic carbocycles. The minimum atomic E-state index is -0.636. The molecular weight excluding hydrogens is 444 g/mol. The van der Waals surface area contributed by atoms with E-state index >= 15 is 0 Å². The molecule has 2 heterocycles. The van der Waals surface area contributed by atoms with Gasteiger partial charge in [0.05, 0.1) is 0 Å². The Labute approximate surface area is 195 Å². The van der Waals surface area contributed by atoms with Crippen LogP contribution in [0, 0.1) is 0 Å². The second-order valence-electron chi connectivity index (χ2n) is 7.89. The highest BCUT2D eigenvalue weighted by Crippen LogP contribution is 2.33. The number of benzene rings is 3. The van der Waals surface area contributed by atoms with Crippen molar-refractivity contribution in [1.82, 2.24) is 4.90 Å². The Morgan fingerprint density at radius 3 is 2.70 bits per heavy atom. The lowest BCUT2D eigenvalue weighted by molar-refractivity contribution is -0.138. The minimum absolute atomic E-state index is 0.128. The number of nitrogens with zero attached hydrogens (tertiary/aromatic N) is 1. The maximum atomic E-state index is 12.9. The second-order valence-corrected chi connectivity index (χ2v) is 8.30. The zero-order valence-electron chi connectivity index (χ0n) is 17.8. The molecule has 8 heteroatoms. The van der Waals surface area contributed by atoms with Crippen molar-refractivity contribution in [2.45, 2.75) is 26.1 Å². The molecule has 2 amide bonds. The topological polar surface area (TPSA) is 77.1 Å². The lowest BCUT2D eigenvalue weighted by atomic mass is 10.1. The predicted molar refractivity (Wildman–Crippen MR) is 123 cm³/mol. The highest BCUT2D eigenvalue weighted by atomic mass is 35.5. The maximum Gasteiger partial charge on any atom is 0.263 e. The lowest BCUT2D eigenvalue weighted by Crippen LogP contribution is -2.37. The van der Waals surface area contributed by atoms with Gasteiger partial charge in [-0.15, -0.1) is 0 Å². The van der Waals surface area contributed by atoms with Crippen molar-refractivity contribution in [3.8, 4) is 17.2 Å². The van der Waals surface area contributed by atoms with Gasteiger partial charge in [0, 0.05) is 34.9 Å². The number of carbonyl (C=O) groups is 2. The molecule has 1 N–H and O–H groups in total. The number of anilines is 1. The van der Waals surface area contributed by atoms with Crippen LogP contribution in [0.5, 0.6) is 17.2 Å². The highest BCUT2D eigenvalue weighted by molar-refractivity contribution is 6.31. The summed E-state index contributed by atoms with van der Waals surface area (Å²) in [6.45, 7) is 2.57. The average molecular weight is 465 g/mol. The van der Waals surface area contributed by atoms with Gasteiger partial charge in [0.2, 0.25) is 6.79 Å². The Balaban J connectivity index is 1.37. The van der Waals surface area contributed by atoms with Crippen LogP contribution in [0.15, 0.2) is 60.7 Å². The number of fused-ring (bicyclic) bond motifs is 2. The fourth-order valence-corrected chi connectivity index (χ4v) is 4.08. The van der Waals surface area contributed by atoms with Crippen molar-refractivity contribution in [1.29, 1.82) is 0 Å². The zero-order valence-corrected chi connectivity index (χ0v) is 18.6. The van der Waals surface area contributed by atoms with Gasteiger partial charge in [0.25, 0.3) is 11.8 Å². The number of rotatable bonds is 4. The minimum Gasteiger partial charge on any atom is -0.481 e. The number of hydrogen-bond acceptors (Lipinski definition) is 5. The molecule has 0 bridgehead atoms. The number of hydrogen-bond donors (Lipinski definition) is 1. The molecular formula is C25H21ClN2O5. The fraction of sp³-hybridized carbons (Fsp3) is 0.200. The van der Waals surface area contributed by atoms with Gasteiger partial charge in [0.1, 0.15) is 5.75 Å². The molecule has 2 aliphatic heterocycles. The number of nitrogens with one attached hydrogen (secondary N) is 1. The van der Waals surface area contributed by atoms with Gasteiger partial charge < -0.3 is 24.4 Å². The summed E-state index contributed by atoms with van der Waals surface area (Å²) in [5, 5.41) is 3.51. The van der Waals surface area contributed by atoms with E-state index in [9.17, 15) is 9.59 Å². The van der Waals surface area contributed by atoms with Gasteiger partial charge >= 0.3 is 0 Å². The number of ether oxygens (including phenoxy) is 3. The molecule has 0 spiro atoms. The first-order valence-corrected chi connectivity index (χ1v) is 10.9. The van der Waals surface area contributed by atoms with E-state index in [0.29, 0.717) is 46.6 Å². The Morgan fingerprint density at radius 2 is 1.85 bits per heavy atom. The van der Waals surface area contributed by atoms with E-state index in [-0.39, 0.29) is 18.6 Å². The molecule has 3 aromatic rings. The molecule has 5 rings (SSSR count). The molecule has 33 heavy (non-hydrogen) atoms. The molecule has 7 nitrogen and oxygen atoms in total. The van der Waals surface area contributed by atoms with Crippen LogP contribution in [0.3, 0.4) is 0 Å². The summed E-state index contributed by atoms with van der Waals surface area (Å²) in [5.74, 6) is 1.36. The molecule has 1 atom stereocenters. The summed E-state index contributed by atoms with van der Waals surface area (Å²) in [6, 6.07) is 17.8. The largest absolute Gasteiger partial charge is 0.481 e. The molecule has 2 aliphatic rings. The summed E-state index contributed by atoms with van der Waals surface area (Å²) >= 11 is 6.31. The van der Waals surface area contributed by atoms with E-state index < -0.39 is 6.10 Å². The SMILES string of the molecule is C[C@H]1Oc2ccc(NC(=O)c3ccc4c(c3)OCO4)cc2CN(Cc2ccccc2Cl)C1=O. The predicted octanol–water partition coefficient (Wildman–Crippen LogP) is 4.63. The third-order valence-corrected chi connectivity index (χ3v) is 5.97. The normalized spacial score (nSPS) is 16.6. The van der Waals surface area contributed by atoms with Gasteiger partial charge in [0.15, 0.2) is 17.6 Å². The highest BCUT2D eigenvalue weighted by Gasteiger charge is 2.28. The average Bonchev–Trinajstić information content (AvgIpc) is 3.25. The van der Waals surface area contributed by atoms with Crippen LogP contribution >= 0.6 is 11.6 Å². The Kier molecular flexibility index (Phi) is 5.56. The van der Waals surface area contributed by atoms with Crippen molar-refractivity contribution in [3.05, 3.63) is 82.4 Å². The first-order chi connectivity index (χ1) is 16.0. The van der Waals surface area contributed by atoms with E-state index in [1.54, 1.807) is 48.2 Å². The van der Waals surface area contributed by atoms with Crippen LogP contribution < -0.4 is 19.5 Å². The molecule has 0 saturated heterocycles. The Bertz CT molecular complexity index is 1250. The van der Waals surface area contributed by atoms with Crippen molar-refractivity contribution in [3.63, 3.8) is 0 Å². The quantitative estimate of drug-likeness (QED) is 0.609. The third kappa shape index (κ3) is 4.32. The number of halogens is 1. The first-order valence-electron chi connectivity index (χ1n) is 10.5. The van der Waals surface area contributed by atoms with E-state index in [2.05, 4.69) is 5.32 Å². The van der Waals surface area contributed by atoms with Crippen LogP contribution in [-0.4, -0.2) is 29.6 Å². The van der Waals surface area contributed by atoms with E-state index in [0.717, 1.165) is 11.1 Å². The van der Waals surface area contributed by atoms with Crippen LogP contribution in [-0.2, 0) is 17.9 Å². The van der Waals surface area contributed by atoms with Crippen molar-refractivity contribution >= 4 is 29.1 Å². The van der Waals surface area contributed by atoms with E-state index in [4.69, 9.17) is 25.8 Å². The fourth-order valence-electron chi connectivity index (χ4n) is 3.88. The molecule has 0 aromatic heterocycles. The van der Waals surface area contributed by atoms with Gasteiger partial charge in [-0.05, 0) is 55.0 Å². The standard InChI is InChI=1S/C25H21ClN2O5/c1-15-25(30)28(12-17-4-2-3-5-20(17)26)13-18-10-19(7-9-21(18)33-15)27-24(29)16-6-8-22-23(11-16)32-14-31-22/h2-11,15H,12-14H2,1H3,(H,27,29)/t15-/m1/s1. The first kappa shape index (κ1) is 21.2. The van der Waals surface area contributed by atoms with Gasteiger partial charge in [-0.2, -0.15) is 0 Å². The van der Waals surface area contributed by atoms with E-state index in [1.165, 1.54) is 0 Å². The molecule has 168 valence electrons. The Morgan fingerprint density at radius 1 is 1.06 bits per heavy atom. The lowest BCUT2D eigenvalue weighted by Gasteiger charge is -2.22. The maximum absolute atomic E-state index is 12.9. The number of amides is 2. The molecule has 0 saturated carbocycles. The zero-order chi connectivity index (χ0) is 22.9. The smallest absolute Gasteiger partial charge is 0.263 e. The monoisotopic (exact) mass is 464 g/mol. The van der Waals surface area contributed by atoms with Crippen molar-refractivity contribution < 1.29 is 23.8 Å². The number of carbonyl (C=O) groups excluding carboxylic acids is 2. The summed E-state index contributed by atoms with van der Waals surface area (Å²) in [5.41, 5.74) is 2.70. The van der Waals surface area contributed by atoms with Gasteiger partial charge in [-0.25, -0.2) is 0 Å². The van der Waals surface area contributed by atoms with Crippen LogP contribution in [0.4, 0.5) is 5.69 Å². The molecule has 3 aromatic carbocycles. The molecule has 0 unspecified atom stereocenters. The van der Waals surface area contributed by atoms with Crippen LogP contribution in [0.2, 0.25) is 5.02 Å². The third-order valence-electron chi connectivity index (χ3n) is 5.60. The van der Waals surface area contributed by atoms with Crippen molar-refractivity contribution in [2.24, 2.45) is 0 Å². The van der Waals surface area contributed by atoms with E-state index in [1.807, 2.05) is 24.3 Å². The van der Waals surface area contributed by atoms with Crippen LogP contribution in [0.25, 0.3) is 0 Å². The van der Waals surface area contributed by atoms with Crippen molar-refractivity contribution in [2.75, 3.05) is 12.1 Å². The summed E-state index contributed by atoms with van der Waals surface area (Å²) < 4.78 is 16.5. The van der Waals surface area contributed by atoms with Gasteiger partial charge in [-0.3, -0.25) is 9.59 Å². The molecule has 0 fully saturated rings. The Hall–Kier alpha value is -3.71. The molecule has 0 radical (unpaired) electrons. The second kappa shape index (κ2) is 8.67. The summed E-state index contributed by atoms with van der Waals surface area (Å²) in [7, 11) is 0. The van der Waals surface area contributed by atoms with Gasteiger partial charge in [-0.1, -0.05) is 29.8 Å². The summed E-state index contributed by atoms with van der Waals surface area (Å²) in [4.78, 5) is 27.4. The van der Waals surface area contributed by atoms with Crippen LogP contribution in [0.1, 0.15) is 28.4 Å².